The van der Waals surface area contributed by atoms with Gasteiger partial charge in [0.05, 0.1) is 12.5 Å². The summed E-state index contributed by atoms with van der Waals surface area (Å²) in [7, 11) is 1.52. The van der Waals surface area contributed by atoms with Crippen molar-refractivity contribution in [3.63, 3.8) is 0 Å². The van der Waals surface area contributed by atoms with Gasteiger partial charge >= 0.3 is 5.97 Å². The SMILES string of the molecule is COc1ccc(OC(C)=O)c2cccc(O)c12. The molecular weight excluding hydrogens is 220 g/mol. The quantitative estimate of drug-likeness (QED) is 0.638. The maximum absolute atomic E-state index is 11.0. The highest BCUT2D eigenvalue weighted by Crippen LogP contribution is 2.38. The third-order valence-electron chi connectivity index (χ3n) is 2.41. The van der Waals surface area contributed by atoms with Crippen molar-refractivity contribution in [3.8, 4) is 17.2 Å². The Kier molecular flexibility index (Phi) is 2.87. The van der Waals surface area contributed by atoms with Crippen molar-refractivity contribution in [2.24, 2.45) is 0 Å². The largest absolute Gasteiger partial charge is 0.507 e. The minimum Gasteiger partial charge on any atom is -0.507 e. The smallest absolute Gasteiger partial charge is 0.308 e. The fourth-order valence-electron chi connectivity index (χ4n) is 1.74. The Hall–Kier alpha value is -2.23. The molecule has 0 aliphatic heterocycles. The predicted octanol–water partition coefficient (Wildman–Crippen LogP) is 2.48. The first kappa shape index (κ1) is 11.3. The lowest BCUT2D eigenvalue weighted by molar-refractivity contribution is -0.131. The van der Waals surface area contributed by atoms with Gasteiger partial charge in [-0.05, 0) is 18.2 Å². The highest BCUT2D eigenvalue weighted by atomic mass is 16.5. The van der Waals surface area contributed by atoms with Crippen LogP contribution in [0.15, 0.2) is 30.3 Å². The second-order valence-corrected chi connectivity index (χ2v) is 3.56. The van der Waals surface area contributed by atoms with E-state index in [9.17, 15) is 9.90 Å². The standard InChI is InChI=1S/C13H12O4/c1-8(14)17-11-6-7-12(16-2)13-9(11)4-3-5-10(13)15/h3-7,15H,1-2H3. The van der Waals surface area contributed by atoms with Gasteiger partial charge in [0.15, 0.2) is 0 Å². The van der Waals surface area contributed by atoms with E-state index >= 15 is 0 Å². The minimum absolute atomic E-state index is 0.0911. The highest BCUT2D eigenvalue weighted by Gasteiger charge is 2.12. The number of carbonyl (C=O) groups is 1. The third-order valence-corrected chi connectivity index (χ3v) is 2.41. The average Bonchev–Trinajstić information content (AvgIpc) is 2.29. The number of hydrogen-bond donors (Lipinski definition) is 1. The molecule has 4 nitrogen and oxygen atoms in total. The Morgan fingerprint density at radius 2 is 1.88 bits per heavy atom. The minimum atomic E-state index is -0.403. The molecule has 1 N–H and O–H groups in total. The number of carbonyl (C=O) groups excluding carboxylic acids is 1. The molecule has 0 spiro atoms. The molecule has 2 aromatic rings. The second kappa shape index (κ2) is 4.33. The average molecular weight is 232 g/mol. The fraction of sp³-hybridized carbons (Fsp3) is 0.154. The topological polar surface area (TPSA) is 55.8 Å². The summed E-state index contributed by atoms with van der Waals surface area (Å²) in [5.74, 6) is 0.631. The van der Waals surface area contributed by atoms with E-state index in [0.717, 1.165) is 0 Å². The normalized spacial score (nSPS) is 10.2. The molecule has 0 aliphatic rings. The van der Waals surface area contributed by atoms with Crippen LogP contribution in [0.2, 0.25) is 0 Å². The zero-order valence-corrected chi connectivity index (χ0v) is 9.56. The van der Waals surface area contributed by atoms with E-state index in [4.69, 9.17) is 9.47 Å². The lowest BCUT2D eigenvalue weighted by Crippen LogP contribution is -2.02. The Labute approximate surface area is 98.4 Å². The monoisotopic (exact) mass is 232 g/mol. The number of phenolic OH excluding ortho intramolecular Hbond substituents is 1. The molecule has 0 unspecified atom stereocenters. The zero-order valence-electron chi connectivity index (χ0n) is 9.56. The summed E-state index contributed by atoms with van der Waals surface area (Å²) in [6.07, 6.45) is 0. The van der Waals surface area contributed by atoms with Crippen molar-refractivity contribution in [3.05, 3.63) is 30.3 Å². The van der Waals surface area contributed by atoms with Gasteiger partial charge in [-0.3, -0.25) is 4.79 Å². The summed E-state index contributed by atoms with van der Waals surface area (Å²) >= 11 is 0. The number of rotatable bonds is 2. The molecule has 2 aromatic carbocycles. The first-order chi connectivity index (χ1) is 8.13. The van der Waals surface area contributed by atoms with E-state index in [1.807, 2.05) is 0 Å². The second-order valence-electron chi connectivity index (χ2n) is 3.56. The van der Waals surface area contributed by atoms with Gasteiger partial charge in [-0.25, -0.2) is 0 Å². The van der Waals surface area contributed by atoms with Gasteiger partial charge in [0.25, 0.3) is 0 Å². The van der Waals surface area contributed by atoms with Crippen LogP contribution in [0, 0.1) is 0 Å². The van der Waals surface area contributed by atoms with Gasteiger partial charge in [-0.2, -0.15) is 0 Å². The lowest BCUT2D eigenvalue weighted by atomic mass is 10.1. The first-order valence-corrected chi connectivity index (χ1v) is 5.10. The van der Waals surface area contributed by atoms with Gasteiger partial charge < -0.3 is 14.6 Å². The van der Waals surface area contributed by atoms with Crippen LogP contribution in [-0.2, 0) is 4.79 Å². The maximum Gasteiger partial charge on any atom is 0.308 e. The fourth-order valence-corrected chi connectivity index (χ4v) is 1.74. The number of fused-ring (bicyclic) bond motifs is 1. The van der Waals surface area contributed by atoms with Crippen LogP contribution in [0.25, 0.3) is 10.8 Å². The molecule has 88 valence electrons. The van der Waals surface area contributed by atoms with E-state index in [1.54, 1.807) is 30.3 Å². The molecule has 0 fully saturated rings. The molecule has 0 aliphatic carbocycles. The number of phenols is 1. The number of benzene rings is 2. The molecule has 0 amide bonds. The molecule has 0 aromatic heterocycles. The molecule has 0 bridgehead atoms. The Balaban J connectivity index is 2.73. The molecule has 0 saturated heterocycles. The van der Waals surface area contributed by atoms with Gasteiger partial charge in [-0.1, -0.05) is 12.1 Å². The van der Waals surface area contributed by atoms with Gasteiger partial charge in [0.2, 0.25) is 0 Å². The summed E-state index contributed by atoms with van der Waals surface area (Å²) in [5, 5.41) is 11.0. The summed E-state index contributed by atoms with van der Waals surface area (Å²) < 4.78 is 10.2. The molecule has 4 heteroatoms. The Bertz CT molecular complexity index is 575. The number of aromatic hydroxyl groups is 1. The molecule has 2 rings (SSSR count). The van der Waals surface area contributed by atoms with Crippen LogP contribution in [-0.4, -0.2) is 18.2 Å². The van der Waals surface area contributed by atoms with E-state index in [2.05, 4.69) is 0 Å². The summed E-state index contributed by atoms with van der Waals surface area (Å²) in [4.78, 5) is 11.0. The first-order valence-electron chi connectivity index (χ1n) is 5.10. The van der Waals surface area contributed by atoms with E-state index in [0.29, 0.717) is 22.3 Å². The van der Waals surface area contributed by atoms with Crippen LogP contribution in [0.4, 0.5) is 0 Å². The summed E-state index contributed by atoms with van der Waals surface area (Å²) in [5.41, 5.74) is 0. The molecule has 0 atom stereocenters. The van der Waals surface area contributed by atoms with Gasteiger partial charge in [0.1, 0.15) is 17.2 Å². The molecule has 0 saturated carbocycles. The van der Waals surface area contributed by atoms with Gasteiger partial charge in [0, 0.05) is 12.3 Å². The molecule has 0 heterocycles. The lowest BCUT2D eigenvalue weighted by Gasteiger charge is -2.10. The van der Waals surface area contributed by atoms with Crippen molar-refractivity contribution in [1.29, 1.82) is 0 Å². The number of hydrogen-bond acceptors (Lipinski definition) is 4. The highest BCUT2D eigenvalue weighted by molar-refractivity contribution is 5.98. The van der Waals surface area contributed by atoms with Crippen LogP contribution in [0.3, 0.4) is 0 Å². The van der Waals surface area contributed by atoms with E-state index in [1.165, 1.54) is 14.0 Å². The van der Waals surface area contributed by atoms with Gasteiger partial charge in [-0.15, -0.1) is 0 Å². The van der Waals surface area contributed by atoms with E-state index < -0.39 is 5.97 Å². The van der Waals surface area contributed by atoms with Crippen LogP contribution >= 0.6 is 0 Å². The molecular formula is C13H12O4. The number of ether oxygens (including phenoxy) is 2. The third kappa shape index (κ3) is 2.01. The van der Waals surface area contributed by atoms with E-state index in [-0.39, 0.29) is 5.75 Å². The van der Waals surface area contributed by atoms with Crippen molar-refractivity contribution in [2.75, 3.05) is 7.11 Å². The van der Waals surface area contributed by atoms with Crippen molar-refractivity contribution in [1.82, 2.24) is 0 Å². The number of esters is 1. The molecule has 0 radical (unpaired) electrons. The van der Waals surface area contributed by atoms with Crippen LogP contribution < -0.4 is 9.47 Å². The Morgan fingerprint density at radius 3 is 2.53 bits per heavy atom. The van der Waals surface area contributed by atoms with Crippen molar-refractivity contribution < 1.29 is 19.4 Å². The predicted molar refractivity (Wildman–Crippen MR) is 63.5 cm³/mol. The zero-order chi connectivity index (χ0) is 12.4. The van der Waals surface area contributed by atoms with Crippen LogP contribution in [0.1, 0.15) is 6.92 Å². The van der Waals surface area contributed by atoms with Crippen molar-refractivity contribution >= 4 is 16.7 Å². The van der Waals surface area contributed by atoms with Crippen LogP contribution in [0.5, 0.6) is 17.2 Å². The Morgan fingerprint density at radius 1 is 1.18 bits per heavy atom. The molecule has 17 heavy (non-hydrogen) atoms. The summed E-state index contributed by atoms with van der Waals surface area (Å²) in [6.45, 7) is 1.33. The summed E-state index contributed by atoms with van der Waals surface area (Å²) in [6, 6.07) is 8.30. The van der Waals surface area contributed by atoms with Crippen molar-refractivity contribution in [2.45, 2.75) is 6.92 Å². The maximum atomic E-state index is 11.0. The number of methoxy groups -OCH3 is 1.